The molecule has 0 aliphatic heterocycles. The SMILES string of the molecule is O=c1cc(C(F)F)[nH]c(I)c1I. The summed E-state index contributed by atoms with van der Waals surface area (Å²) in [5.41, 5.74) is -0.695. The smallest absolute Gasteiger partial charge is 0.278 e. The summed E-state index contributed by atoms with van der Waals surface area (Å²) in [5.74, 6) is 0. The van der Waals surface area contributed by atoms with E-state index < -0.39 is 6.43 Å². The van der Waals surface area contributed by atoms with Gasteiger partial charge in [-0.2, -0.15) is 0 Å². The fourth-order valence-corrected chi connectivity index (χ4v) is 1.52. The average Bonchev–Trinajstić information content (AvgIpc) is 1.99. The highest BCUT2D eigenvalue weighted by Gasteiger charge is 2.11. The van der Waals surface area contributed by atoms with Crippen molar-refractivity contribution in [3.63, 3.8) is 0 Å². The number of aromatic nitrogens is 1. The second-order valence-electron chi connectivity index (χ2n) is 2.02. The van der Waals surface area contributed by atoms with E-state index in [1.165, 1.54) is 0 Å². The summed E-state index contributed by atoms with van der Waals surface area (Å²) < 4.78 is 25.1. The average molecular weight is 397 g/mol. The number of hydrogen-bond acceptors (Lipinski definition) is 1. The van der Waals surface area contributed by atoms with Crippen LogP contribution in [-0.4, -0.2) is 4.98 Å². The van der Waals surface area contributed by atoms with Crippen molar-refractivity contribution in [2.45, 2.75) is 6.43 Å². The topological polar surface area (TPSA) is 32.9 Å². The van der Waals surface area contributed by atoms with Gasteiger partial charge in [-0.1, -0.05) is 0 Å². The van der Waals surface area contributed by atoms with E-state index in [2.05, 4.69) is 4.98 Å². The molecule has 2 nitrogen and oxygen atoms in total. The van der Waals surface area contributed by atoms with Crippen LogP contribution in [0, 0.1) is 7.27 Å². The van der Waals surface area contributed by atoms with E-state index in [0.29, 0.717) is 7.27 Å². The normalized spacial score (nSPS) is 10.8. The van der Waals surface area contributed by atoms with E-state index in [9.17, 15) is 13.6 Å². The summed E-state index contributed by atoms with van der Waals surface area (Å²) in [7, 11) is 0. The molecule has 0 aliphatic rings. The minimum atomic E-state index is -2.62. The standard InChI is InChI=1S/C6H3F2I2NO/c7-5(8)2-1-3(12)4(9)6(10)11-2/h1,5H,(H,11,12). The summed E-state index contributed by atoms with van der Waals surface area (Å²) in [5, 5.41) is 0. The van der Waals surface area contributed by atoms with Crippen molar-refractivity contribution in [3.05, 3.63) is 29.3 Å². The van der Waals surface area contributed by atoms with Crippen LogP contribution in [0.2, 0.25) is 0 Å². The molecule has 1 N–H and O–H groups in total. The predicted molar refractivity (Wildman–Crippen MR) is 57.5 cm³/mol. The molecule has 0 saturated heterocycles. The Morgan fingerprint density at radius 1 is 1.42 bits per heavy atom. The van der Waals surface area contributed by atoms with Crippen LogP contribution in [-0.2, 0) is 0 Å². The Kier molecular flexibility index (Phi) is 3.44. The van der Waals surface area contributed by atoms with E-state index in [1.54, 1.807) is 0 Å². The Hall–Kier alpha value is 0.270. The van der Waals surface area contributed by atoms with Crippen LogP contribution in [0.25, 0.3) is 0 Å². The number of halogens is 4. The molecule has 0 aliphatic carbocycles. The Balaban J connectivity index is 3.31. The maximum absolute atomic E-state index is 12.1. The van der Waals surface area contributed by atoms with Crippen LogP contribution in [0.15, 0.2) is 10.9 Å². The molecule has 0 fully saturated rings. The maximum Gasteiger partial charge on any atom is 0.278 e. The highest BCUT2D eigenvalue weighted by Crippen LogP contribution is 2.17. The van der Waals surface area contributed by atoms with Crippen molar-refractivity contribution < 1.29 is 8.78 Å². The van der Waals surface area contributed by atoms with Gasteiger partial charge >= 0.3 is 0 Å². The van der Waals surface area contributed by atoms with E-state index >= 15 is 0 Å². The number of H-pyrrole nitrogens is 1. The van der Waals surface area contributed by atoms with Crippen LogP contribution in [0.5, 0.6) is 0 Å². The van der Waals surface area contributed by atoms with E-state index in [4.69, 9.17) is 0 Å². The first kappa shape index (κ1) is 10.4. The van der Waals surface area contributed by atoms with Crippen molar-refractivity contribution in [2.75, 3.05) is 0 Å². The third-order valence-electron chi connectivity index (χ3n) is 1.18. The van der Waals surface area contributed by atoms with Gasteiger partial charge in [-0.25, -0.2) is 8.78 Å². The van der Waals surface area contributed by atoms with Gasteiger partial charge in [-0.3, -0.25) is 4.79 Å². The van der Waals surface area contributed by atoms with Crippen LogP contribution < -0.4 is 5.43 Å². The van der Waals surface area contributed by atoms with Gasteiger partial charge in [0.1, 0.15) is 0 Å². The van der Waals surface area contributed by atoms with Crippen molar-refractivity contribution >= 4 is 45.2 Å². The highest BCUT2D eigenvalue weighted by molar-refractivity contribution is 14.1. The summed E-state index contributed by atoms with van der Waals surface area (Å²) in [4.78, 5) is 13.4. The van der Waals surface area contributed by atoms with Gasteiger partial charge in [0, 0.05) is 6.07 Å². The monoisotopic (exact) mass is 397 g/mol. The lowest BCUT2D eigenvalue weighted by Crippen LogP contribution is -2.10. The Morgan fingerprint density at radius 3 is 2.42 bits per heavy atom. The molecule has 6 heteroatoms. The molecule has 0 bridgehead atoms. The zero-order valence-electron chi connectivity index (χ0n) is 5.57. The van der Waals surface area contributed by atoms with Gasteiger partial charge in [-0.15, -0.1) is 0 Å². The van der Waals surface area contributed by atoms with Gasteiger partial charge in [0.25, 0.3) is 6.43 Å². The lowest BCUT2D eigenvalue weighted by molar-refractivity contribution is 0.145. The zero-order valence-corrected chi connectivity index (χ0v) is 9.89. The number of hydrogen-bond donors (Lipinski definition) is 1. The maximum atomic E-state index is 12.1. The lowest BCUT2D eigenvalue weighted by Gasteiger charge is -2.01. The molecule has 0 amide bonds. The first-order valence-corrected chi connectivity index (χ1v) is 5.04. The van der Waals surface area contributed by atoms with E-state index in [1.807, 2.05) is 45.2 Å². The number of aromatic amines is 1. The quantitative estimate of drug-likeness (QED) is 0.574. The van der Waals surface area contributed by atoms with Crippen LogP contribution in [0.1, 0.15) is 12.1 Å². The molecule has 0 spiro atoms. The first-order chi connectivity index (χ1) is 5.52. The van der Waals surface area contributed by atoms with Gasteiger partial charge < -0.3 is 4.98 Å². The predicted octanol–water partition coefficient (Wildman–Crippen LogP) is 2.52. The van der Waals surface area contributed by atoms with E-state index in [-0.39, 0.29) is 11.1 Å². The summed E-state index contributed by atoms with van der Waals surface area (Å²) >= 11 is 3.63. The molecule has 1 heterocycles. The molecule has 12 heavy (non-hydrogen) atoms. The van der Waals surface area contributed by atoms with Crippen molar-refractivity contribution in [2.24, 2.45) is 0 Å². The van der Waals surface area contributed by atoms with Gasteiger partial charge in [-0.05, 0) is 45.2 Å². The summed E-state index contributed by atoms with van der Waals surface area (Å²) in [6, 6.07) is 0.925. The van der Waals surface area contributed by atoms with Crippen molar-refractivity contribution in [3.8, 4) is 0 Å². The molecule has 0 radical (unpaired) electrons. The number of alkyl halides is 2. The minimum Gasteiger partial charge on any atom is -0.348 e. The molecule has 1 aromatic rings. The molecule has 0 aromatic carbocycles. The molecule has 1 aromatic heterocycles. The van der Waals surface area contributed by atoms with Crippen LogP contribution >= 0.6 is 45.2 Å². The Bertz CT molecular complexity index is 350. The minimum absolute atomic E-state index is 0.329. The van der Waals surface area contributed by atoms with E-state index in [0.717, 1.165) is 6.07 Å². The van der Waals surface area contributed by atoms with Crippen LogP contribution in [0.4, 0.5) is 8.78 Å². The second kappa shape index (κ2) is 3.99. The van der Waals surface area contributed by atoms with Gasteiger partial charge in [0.05, 0.1) is 13.0 Å². The number of rotatable bonds is 1. The van der Waals surface area contributed by atoms with Crippen LogP contribution in [0.3, 0.4) is 0 Å². The summed E-state index contributed by atoms with van der Waals surface area (Å²) in [6.45, 7) is 0. The molecule has 0 atom stereocenters. The van der Waals surface area contributed by atoms with Crippen molar-refractivity contribution in [1.29, 1.82) is 0 Å². The highest BCUT2D eigenvalue weighted by atomic mass is 127. The zero-order chi connectivity index (χ0) is 9.30. The first-order valence-electron chi connectivity index (χ1n) is 2.88. The Morgan fingerprint density at radius 2 is 2.00 bits per heavy atom. The number of pyridine rings is 1. The largest absolute Gasteiger partial charge is 0.348 e. The summed E-state index contributed by atoms with van der Waals surface area (Å²) in [6.07, 6.45) is -2.62. The molecule has 66 valence electrons. The van der Waals surface area contributed by atoms with Gasteiger partial charge in [0.15, 0.2) is 5.43 Å². The molecular weight excluding hydrogens is 394 g/mol. The molecule has 0 saturated carbocycles. The van der Waals surface area contributed by atoms with Gasteiger partial charge in [0.2, 0.25) is 0 Å². The molecule has 1 rings (SSSR count). The molecular formula is C6H3F2I2NO. The third kappa shape index (κ3) is 2.15. The van der Waals surface area contributed by atoms with Crippen molar-refractivity contribution in [1.82, 2.24) is 4.98 Å². The second-order valence-corrected chi connectivity index (χ2v) is 4.18. The molecule has 0 unspecified atom stereocenters. The fourth-order valence-electron chi connectivity index (χ4n) is 0.648. The third-order valence-corrected chi connectivity index (χ3v) is 4.10. The Labute approximate surface area is 94.0 Å². The number of nitrogens with one attached hydrogen (secondary N) is 1. The lowest BCUT2D eigenvalue weighted by atomic mass is 10.3. The fraction of sp³-hybridized carbons (Fsp3) is 0.167.